The summed E-state index contributed by atoms with van der Waals surface area (Å²) in [6, 6.07) is 0. The zero-order valence-electron chi connectivity index (χ0n) is 14.0. The maximum Gasteiger partial charge on any atom is 0.301 e. The molecule has 0 spiro atoms. The number of hydrogen-bond donors (Lipinski definition) is 4. The lowest BCUT2D eigenvalue weighted by atomic mass is 9.97. The summed E-state index contributed by atoms with van der Waals surface area (Å²) in [5.41, 5.74) is 0. The summed E-state index contributed by atoms with van der Waals surface area (Å²) in [5.74, 6) is -0.348. The molecule has 2 rings (SSSR count). The van der Waals surface area contributed by atoms with Gasteiger partial charge < -0.3 is 34.3 Å². The van der Waals surface area contributed by atoms with Crippen LogP contribution in [0.15, 0.2) is 0 Å². The number of rotatable bonds is 5. The minimum absolute atomic E-state index is 0.0714. The molecule has 25 heavy (non-hydrogen) atoms. The fourth-order valence-electron chi connectivity index (χ4n) is 2.97. The number of aliphatic hydroxyl groups is 3. The summed E-state index contributed by atoms with van der Waals surface area (Å²) in [7, 11) is -3.46. The van der Waals surface area contributed by atoms with E-state index in [1.807, 2.05) is 0 Å². The maximum absolute atomic E-state index is 12.0. The lowest BCUT2D eigenvalue weighted by Gasteiger charge is -2.44. The van der Waals surface area contributed by atoms with Gasteiger partial charge in [-0.1, -0.05) is 6.92 Å². The second-order valence-electron chi connectivity index (χ2n) is 6.23. The molecule has 0 aliphatic carbocycles. The Kier molecular flexibility index (Phi) is 6.76. The average Bonchev–Trinajstić information content (AvgIpc) is 2.57. The van der Waals surface area contributed by atoms with Crippen LogP contribution in [-0.2, 0) is 33.4 Å². The van der Waals surface area contributed by atoms with Gasteiger partial charge in [0.15, 0.2) is 12.6 Å². The Bertz CT molecular complexity index is 540. The lowest BCUT2D eigenvalue weighted by Crippen LogP contribution is -2.63. The first-order valence-corrected chi connectivity index (χ1v) is 9.17. The van der Waals surface area contributed by atoms with Gasteiger partial charge in [0.1, 0.15) is 23.6 Å². The van der Waals surface area contributed by atoms with E-state index < -0.39 is 58.5 Å². The summed E-state index contributed by atoms with van der Waals surface area (Å²) >= 11 is 0. The van der Waals surface area contributed by atoms with Crippen LogP contribution in [0.1, 0.15) is 13.8 Å². The molecule has 0 aromatic heterocycles. The number of hydrogen-bond acceptors (Lipinski definition) is 11. The Labute approximate surface area is 145 Å². The molecule has 2 unspecified atom stereocenters. The van der Waals surface area contributed by atoms with Gasteiger partial charge >= 0.3 is 10.1 Å². The highest BCUT2D eigenvalue weighted by molar-refractivity contribution is 7.87. The summed E-state index contributed by atoms with van der Waals surface area (Å²) in [4.78, 5) is 0. The zero-order valence-corrected chi connectivity index (χ0v) is 14.8. The second kappa shape index (κ2) is 8.08. The lowest BCUT2D eigenvalue weighted by molar-refractivity contribution is -0.314. The van der Waals surface area contributed by atoms with Gasteiger partial charge in [0.2, 0.25) is 0 Å². The van der Waals surface area contributed by atoms with Gasteiger partial charge in [0.05, 0.1) is 18.8 Å². The summed E-state index contributed by atoms with van der Waals surface area (Å²) in [5, 5.41) is 37.1. The van der Waals surface area contributed by atoms with Crippen molar-refractivity contribution < 1.29 is 52.3 Å². The molecule has 0 amide bonds. The van der Waals surface area contributed by atoms with Crippen LogP contribution in [0.5, 0.6) is 0 Å². The van der Waals surface area contributed by atoms with Crippen molar-refractivity contribution in [3.8, 4) is 0 Å². The highest BCUT2D eigenvalue weighted by atomic mass is 32.2. The molecule has 0 radical (unpaired) electrons. The normalized spacial score (nSPS) is 46.1. The smallest absolute Gasteiger partial charge is 0.301 e. The average molecular weight is 388 g/mol. The maximum atomic E-state index is 12.0. The van der Waals surface area contributed by atoms with E-state index in [0.717, 1.165) is 0 Å². The van der Waals surface area contributed by atoms with Gasteiger partial charge in [-0.2, -0.15) is 8.42 Å². The predicted molar refractivity (Wildman–Crippen MR) is 79.6 cm³/mol. The van der Waals surface area contributed by atoms with Gasteiger partial charge in [0.25, 0.3) is 0 Å². The largest absolute Gasteiger partial charge is 0.390 e. The van der Waals surface area contributed by atoms with Crippen LogP contribution >= 0.6 is 0 Å². The number of methoxy groups -OCH3 is 1. The van der Waals surface area contributed by atoms with Crippen LogP contribution in [0.2, 0.25) is 0 Å². The fraction of sp³-hybridized carbons (Fsp3) is 1.00. The van der Waals surface area contributed by atoms with Crippen LogP contribution in [0.4, 0.5) is 0 Å². The van der Waals surface area contributed by atoms with Crippen molar-refractivity contribution in [2.45, 2.75) is 62.2 Å². The molecule has 9 atom stereocenters. The SMILES string of the molecule is COC1OC(C)[C@H](O[C@@H]2OC[C@@H](C)[C@@H](O)[C@@H]2O)[C@H](S(=O)(=O)OO)[C@@H]1O. The van der Waals surface area contributed by atoms with Crippen molar-refractivity contribution in [1.29, 1.82) is 0 Å². The minimum atomic E-state index is -4.67. The van der Waals surface area contributed by atoms with Crippen LogP contribution in [0.3, 0.4) is 0 Å². The van der Waals surface area contributed by atoms with Gasteiger partial charge in [0, 0.05) is 13.0 Å². The third-order valence-corrected chi connectivity index (χ3v) is 5.87. The van der Waals surface area contributed by atoms with Gasteiger partial charge in [-0.25, -0.2) is 5.26 Å². The molecule has 2 heterocycles. The molecular formula is C13H24O11S. The third kappa shape index (κ3) is 4.13. The molecule has 0 bridgehead atoms. The standard InChI is InChI=1S/C13H24O11S/c1-5-4-21-13(8(15)7(5)14)23-10-6(2)22-12(20-3)9(16)11(10)25(18,19)24-17/h5-17H,4H2,1-3H3/t5-,6?,7-,8+,9+,10+,11-,12?,13+/m1/s1. The van der Waals surface area contributed by atoms with E-state index in [2.05, 4.69) is 4.33 Å². The number of ether oxygens (including phenoxy) is 4. The van der Waals surface area contributed by atoms with Crippen molar-refractivity contribution in [2.24, 2.45) is 5.92 Å². The second-order valence-corrected chi connectivity index (χ2v) is 7.91. The molecule has 2 fully saturated rings. The van der Waals surface area contributed by atoms with Crippen molar-refractivity contribution in [3.05, 3.63) is 0 Å². The van der Waals surface area contributed by atoms with E-state index in [0.29, 0.717) is 0 Å². The molecule has 0 aromatic carbocycles. The van der Waals surface area contributed by atoms with E-state index in [1.165, 1.54) is 14.0 Å². The highest BCUT2D eigenvalue weighted by Crippen LogP contribution is 2.32. The summed E-state index contributed by atoms with van der Waals surface area (Å²) < 4.78 is 48.7. The van der Waals surface area contributed by atoms with Crippen LogP contribution in [0, 0.1) is 5.92 Å². The van der Waals surface area contributed by atoms with Crippen LogP contribution in [0.25, 0.3) is 0 Å². The Morgan fingerprint density at radius 2 is 1.68 bits per heavy atom. The molecule has 2 saturated heterocycles. The molecule has 0 saturated carbocycles. The van der Waals surface area contributed by atoms with Crippen molar-refractivity contribution in [3.63, 3.8) is 0 Å². The Hall–Kier alpha value is -0.410. The molecule has 4 N–H and O–H groups in total. The highest BCUT2D eigenvalue weighted by Gasteiger charge is 2.54. The van der Waals surface area contributed by atoms with E-state index in [9.17, 15) is 23.7 Å². The van der Waals surface area contributed by atoms with Gasteiger partial charge in [-0.3, -0.25) is 0 Å². The molecule has 11 nitrogen and oxygen atoms in total. The Balaban J connectivity index is 2.26. The van der Waals surface area contributed by atoms with Crippen LogP contribution < -0.4 is 0 Å². The summed E-state index contributed by atoms with van der Waals surface area (Å²) in [6.07, 6.45) is -9.29. The summed E-state index contributed by atoms with van der Waals surface area (Å²) in [6.45, 7) is 3.19. The topological polar surface area (TPSA) is 161 Å². The van der Waals surface area contributed by atoms with Gasteiger partial charge in [-0.05, 0) is 6.92 Å². The van der Waals surface area contributed by atoms with E-state index in [4.69, 9.17) is 24.2 Å². The van der Waals surface area contributed by atoms with E-state index in [-0.39, 0.29) is 12.5 Å². The quantitative estimate of drug-likeness (QED) is 0.305. The molecule has 0 aromatic rings. The Morgan fingerprint density at radius 1 is 1.04 bits per heavy atom. The first-order valence-electron chi connectivity index (χ1n) is 7.70. The first-order chi connectivity index (χ1) is 11.6. The molecule has 12 heteroatoms. The molecular weight excluding hydrogens is 364 g/mol. The number of aliphatic hydroxyl groups excluding tert-OH is 3. The van der Waals surface area contributed by atoms with E-state index in [1.54, 1.807) is 6.92 Å². The fourth-order valence-corrected chi connectivity index (χ4v) is 4.15. The molecule has 2 aliphatic rings. The first kappa shape index (κ1) is 20.9. The van der Waals surface area contributed by atoms with Crippen molar-refractivity contribution in [1.82, 2.24) is 0 Å². The van der Waals surface area contributed by atoms with Crippen molar-refractivity contribution >= 4 is 10.1 Å². The Morgan fingerprint density at radius 3 is 2.24 bits per heavy atom. The molecule has 148 valence electrons. The molecule has 2 aliphatic heterocycles. The third-order valence-electron chi connectivity index (χ3n) is 4.45. The van der Waals surface area contributed by atoms with E-state index >= 15 is 0 Å². The predicted octanol–water partition coefficient (Wildman–Crippen LogP) is -1.97. The minimum Gasteiger partial charge on any atom is -0.390 e. The van der Waals surface area contributed by atoms with Crippen molar-refractivity contribution in [2.75, 3.05) is 13.7 Å². The van der Waals surface area contributed by atoms with Crippen LogP contribution in [-0.4, -0.2) is 91.1 Å². The monoisotopic (exact) mass is 388 g/mol. The van der Waals surface area contributed by atoms with Gasteiger partial charge in [-0.15, -0.1) is 4.33 Å². The zero-order chi connectivity index (χ0) is 18.9.